The van der Waals surface area contributed by atoms with Crippen molar-refractivity contribution >= 4 is 17.3 Å². The van der Waals surface area contributed by atoms with Crippen LogP contribution in [0.25, 0.3) is 0 Å². The van der Waals surface area contributed by atoms with Crippen LogP contribution in [0.4, 0.5) is 0 Å². The number of likely N-dealkylation sites (tertiary alicyclic amines) is 1. The van der Waals surface area contributed by atoms with Gasteiger partial charge < -0.3 is 19.7 Å². The summed E-state index contributed by atoms with van der Waals surface area (Å²) in [6.45, 7) is 3.37. The first kappa shape index (κ1) is 13.6. The summed E-state index contributed by atoms with van der Waals surface area (Å²) in [6, 6.07) is 0.594. The van der Waals surface area contributed by atoms with Gasteiger partial charge in [-0.3, -0.25) is 0 Å². The second kappa shape index (κ2) is 5.94. The maximum absolute atomic E-state index is 5.75. The van der Waals surface area contributed by atoms with Crippen LogP contribution < -0.4 is 5.32 Å². The lowest BCUT2D eigenvalue weighted by atomic mass is 9.96. The Hall–Kier alpha value is -0.390. The molecule has 1 aliphatic carbocycles. The number of piperidine rings is 1. The minimum atomic E-state index is -0.295. The fourth-order valence-electron chi connectivity index (χ4n) is 3.35. The molecule has 3 rings (SSSR count). The summed E-state index contributed by atoms with van der Waals surface area (Å²) in [6.07, 6.45) is 8.45. The van der Waals surface area contributed by atoms with Gasteiger partial charge in [0.2, 0.25) is 0 Å². The van der Waals surface area contributed by atoms with E-state index in [9.17, 15) is 0 Å². The van der Waals surface area contributed by atoms with Gasteiger partial charge in [-0.05, 0) is 25.1 Å². The number of hydrogen-bond acceptors (Lipinski definition) is 3. The van der Waals surface area contributed by atoms with E-state index in [0.29, 0.717) is 6.04 Å². The van der Waals surface area contributed by atoms with E-state index in [1.165, 1.54) is 32.1 Å². The summed E-state index contributed by atoms with van der Waals surface area (Å²) in [5, 5.41) is 4.47. The normalized spacial score (nSPS) is 27.7. The minimum absolute atomic E-state index is 0.295. The number of thiocarbonyl (C=S) groups is 1. The Morgan fingerprint density at radius 3 is 2.32 bits per heavy atom. The molecule has 0 aromatic rings. The van der Waals surface area contributed by atoms with Crippen LogP contribution in [0.2, 0.25) is 0 Å². The summed E-state index contributed by atoms with van der Waals surface area (Å²) in [4.78, 5) is 2.28. The standard InChI is InChI=1S/C14H24N2O2S/c19-13(15-12-4-2-1-3-5-12)16-8-6-14(7-9-16)17-10-11-18-14/h12H,1-11H2,(H,15,19). The Balaban J connectivity index is 1.46. The summed E-state index contributed by atoms with van der Waals surface area (Å²) < 4.78 is 11.5. The first-order chi connectivity index (χ1) is 9.27. The molecule has 19 heavy (non-hydrogen) atoms. The molecular formula is C14H24N2O2S. The van der Waals surface area contributed by atoms with E-state index >= 15 is 0 Å². The number of nitrogens with zero attached hydrogens (tertiary/aromatic N) is 1. The number of ether oxygens (including phenoxy) is 2. The zero-order chi connectivity index (χ0) is 13.1. The van der Waals surface area contributed by atoms with Crippen molar-refractivity contribution in [2.24, 2.45) is 0 Å². The molecule has 108 valence electrons. The molecule has 1 saturated carbocycles. The Labute approximate surface area is 120 Å². The summed E-state index contributed by atoms with van der Waals surface area (Å²) in [7, 11) is 0. The molecule has 0 amide bonds. The number of nitrogens with one attached hydrogen (secondary N) is 1. The zero-order valence-electron chi connectivity index (χ0n) is 11.5. The maximum Gasteiger partial charge on any atom is 0.171 e. The zero-order valence-corrected chi connectivity index (χ0v) is 12.3. The summed E-state index contributed by atoms with van der Waals surface area (Å²) in [5.74, 6) is -0.295. The monoisotopic (exact) mass is 284 g/mol. The van der Waals surface area contributed by atoms with Crippen molar-refractivity contribution in [1.82, 2.24) is 10.2 Å². The van der Waals surface area contributed by atoms with Gasteiger partial charge >= 0.3 is 0 Å². The van der Waals surface area contributed by atoms with Crippen LogP contribution in [0.1, 0.15) is 44.9 Å². The largest absolute Gasteiger partial charge is 0.360 e. The van der Waals surface area contributed by atoms with Gasteiger partial charge in [0.15, 0.2) is 10.9 Å². The van der Waals surface area contributed by atoms with E-state index in [1.54, 1.807) is 0 Å². The first-order valence-electron chi connectivity index (χ1n) is 7.61. The molecule has 2 saturated heterocycles. The highest BCUT2D eigenvalue weighted by Crippen LogP contribution is 2.31. The molecule has 0 aromatic heterocycles. The third-order valence-corrected chi connectivity index (χ3v) is 4.93. The average Bonchev–Trinajstić information content (AvgIpc) is 2.89. The van der Waals surface area contributed by atoms with Gasteiger partial charge in [0, 0.05) is 32.0 Å². The predicted molar refractivity (Wildman–Crippen MR) is 78.0 cm³/mol. The fourth-order valence-corrected chi connectivity index (χ4v) is 3.70. The third-order valence-electron chi connectivity index (χ3n) is 4.56. The lowest BCUT2D eigenvalue weighted by molar-refractivity contribution is -0.180. The van der Waals surface area contributed by atoms with E-state index < -0.39 is 0 Å². The minimum Gasteiger partial charge on any atom is -0.360 e. The Morgan fingerprint density at radius 1 is 1.05 bits per heavy atom. The van der Waals surface area contributed by atoms with Crippen molar-refractivity contribution in [2.75, 3.05) is 26.3 Å². The van der Waals surface area contributed by atoms with Gasteiger partial charge in [-0.1, -0.05) is 19.3 Å². The van der Waals surface area contributed by atoms with Crippen LogP contribution in [-0.4, -0.2) is 48.1 Å². The SMILES string of the molecule is S=C(NC1CCCCC1)N1CCC2(CC1)OCCO2. The van der Waals surface area contributed by atoms with Crippen molar-refractivity contribution < 1.29 is 9.47 Å². The van der Waals surface area contributed by atoms with Crippen LogP contribution in [0.15, 0.2) is 0 Å². The molecule has 0 radical (unpaired) electrons. The molecule has 2 aliphatic heterocycles. The molecule has 3 fully saturated rings. The van der Waals surface area contributed by atoms with Gasteiger partial charge in [0.25, 0.3) is 0 Å². The second-order valence-electron chi connectivity index (χ2n) is 5.88. The molecule has 1 spiro atoms. The van der Waals surface area contributed by atoms with Gasteiger partial charge in [0.1, 0.15) is 0 Å². The average molecular weight is 284 g/mol. The van der Waals surface area contributed by atoms with Crippen molar-refractivity contribution in [3.8, 4) is 0 Å². The molecule has 0 bridgehead atoms. The molecule has 0 atom stereocenters. The van der Waals surface area contributed by atoms with Crippen molar-refractivity contribution in [2.45, 2.75) is 56.8 Å². The first-order valence-corrected chi connectivity index (χ1v) is 8.02. The molecule has 2 heterocycles. The van der Waals surface area contributed by atoms with E-state index in [2.05, 4.69) is 10.2 Å². The second-order valence-corrected chi connectivity index (χ2v) is 6.27. The number of rotatable bonds is 1. The highest BCUT2D eigenvalue weighted by molar-refractivity contribution is 7.80. The Morgan fingerprint density at radius 2 is 1.68 bits per heavy atom. The Bertz CT molecular complexity index is 315. The van der Waals surface area contributed by atoms with Crippen LogP contribution in [0.3, 0.4) is 0 Å². The van der Waals surface area contributed by atoms with Gasteiger partial charge in [-0.15, -0.1) is 0 Å². The van der Waals surface area contributed by atoms with E-state index in [0.717, 1.165) is 44.3 Å². The van der Waals surface area contributed by atoms with E-state index in [1.807, 2.05) is 0 Å². The molecular weight excluding hydrogens is 260 g/mol. The highest BCUT2D eigenvalue weighted by atomic mass is 32.1. The topological polar surface area (TPSA) is 33.7 Å². The summed E-state index contributed by atoms with van der Waals surface area (Å²) >= 11 is 5.55. The van der Waals surface area contributed by atoms with Crippen molar-refractivity contribution in [1.29, 1.82) is 0 Å². The van der Waals surface area contributed by atoms with Crippen molar-refractivity contribution in [3.05, 3.63) is 0 Å². The van der Waals surface area contributed by atoms with Gasteiger partial charge in [-0.25, -0.2) is 0 Å². The van der Waals surface area contributed by atoms with Crippen LogP contribution >= 0.6 is 12.2 Å². The lowest BCUT2D eigenvalue weighted by Crippen LogP contribution is -2.52. The van der Waals surface area contributed by atoms with E-state index in [4.69, 9.17) is 21.7 Å². The lowest BCUT2D eigenvalue weighted by Gasteiger charge is -2.39. The molecule has 4 nitrogen and oxygen atoms in total. The Kier molecular flexibility index (Phi) is 4.24. The van der Waals surface area contributed by atoms with Crippen LogP contribution in [0.5, 0.6) is 0 Å². The van der Waals surface area contributed by atoms with Crippen LogP contribution in [0, 0.1) is 0 Å². The van der Waals surface area contributed by atoms with Crippen LogP contribution in [-0.2, 0) is 9.47 Å². The van der Waals surface area contributed by atoms with E-state index in [-0.39, 0.29) is 5.79 Å². The highest BCUT2D eigenvalue weighted by Gasteiger charge is 2.40. The molecule has 5 heteroatoms. The quantitative estimate of drug-likeness (QED) is 0.745. The van der Waals surface area contributed by atoms with Gasteiger partial charge in [0.05, 0.1) is 13.2 Å². The fraction of sp³-hybridized carbons (Fsp3) is 0.929. The summed E-state index contributed by atoms with van der Waals surface area (Å²) in [5.41, 5.74) is 0. The maximum atomic E-state index is 5.75. The number of hydrogen-bond donors (Lipinski definition) is 1. The molecule has 0 aromatic carbocycles. The van der Waals surface area contributed by atoms with Crippen molar-refractivity contribution in [3.63, 3.8) is 0 Å². The predicted octanol–water partition coefficient (Wildman–Crippen LogP) is 2.03. The molecule has 3 aliphatic rings. The third kappa shape index (κ3) is 3.20. The molecule has 1 N–H and O–H groups in total. The van der Waals surface area contributed by atoms with Gasteiger partial charge in [-0.2, -0.15) is 0 Å². The molecule has 0 unspecified atom stereocenters. The smallest absolute Gasteiger partial charge is 0.171 e.